The lowest BCUT2D eigenvalue weighted by Gasteiger charge is -2.08. The Kier molecular flexibility index (Phi) is 7.32. The van der Waals surface area contributed by atoms with Crippen LogP contribution in [0.15, 0.2) is 72.8 Å². The van der Waals surface area contributed by atoms with Gasteiger partial charge in [-0.05, 0) is 46.5 Å². The summed E-state index contributed by atoms with van der Waals surface area (Å²) in [6.45, 7) is 1.02. The Morgan fingerprint density at radius 2 is 0.800 bits per heavy atom. The highest BCUT2D eigenvalue weighted by atomic mass is 16.5. The third kappa shape index (κ3) is 5.31. The van der Waals surface area contributed by atoms with Crippen molar-refractivity contribution in [3.8, 4) is 22.3 Å². The molecule has 6 heteroatoms. The van der Waals surface area contributed by atoms with Gasteiger partial charge < -0.3 is 20.9 Å². The van der Waals surface area contributed by atoms with E-state index in [1.807, 2.05) is 48.5 Å². The quantitative estimate of drug-likeness (QED) is 0.559. The third-order valence-electron chi connectivity index (χ3n) is 4.49. The topological polar surface area (TPSA) is 105 Å². The predicted molar refractivity (Wildman–Crippen MR) is 116 cm³/mol. The van der Waals surface area contributed by atoms with Gasteiger partial charge in [0, 0.05) is 13.1 Å². The van der Waals surface area contributed by atoms with Crippen LogP contribution in [-0.4, -0.2) is 38.2 Å². The van der Waals surface area contributed by atoms with Crippen LogP contribution in [0.4, 0.5) is 0 Å². The van der Waals surface area contributed by atoms with Crippen molar-refractivity contribution >= 4 is 11.9 Å². The standard InChI is InChI=1S/C24H24N2O4/c25-13-15-29-23(27)21-9-5-19(6-10-21)17-1-2-18(4-3-17)20-7-11-22(12-8-20)24(28)30-16-14-26/h1-12H,13-16,25-26H2. The van der Waals surface area contributed by atoms with E-state index in [1.165, 1.54) is 0 Å². The van der Waals surface area contributed by atoms with Crippen LogP contribution in [-0.2, 0) is 9.47 Å². The maximum Gasteiger partial charge on any atom is 0.338 e. The number of carbonyl (C=O) groups excluding carboxylic acids is 2. The lowest BCUT2D eigenvalue weighted by Crippen LogP contribution is -2.13. The number of hydrogen-bond donors (Lipinski definition) is 2. The van der Waals surface area contributed by atoms with Crippen molar-refractivity contribution in [1.82, 2.24) is 0 Å². The Balaban J connectivity index is 1.69. The summed E-state index contributed by atoms with van der Waals surface area (Å²) in [5.74, 6) is -0.754. The van der Waals surface area contributed by atoms with Crippen molar-refractivity contribution < 1.29 is 19.1 Å². The lowest BCUT2D eigenvalue weighted by molar-refractivity contribution is 0.0507. The van der Waals surface area contributed by atoms with E-state index < -0.39 is 0 Å². The summed E-state index contributed by atoms with van der Waals surface area (Å²) in [4.78, 5) is 23.7. The molecular weight excluding hydrogens is 380 g/mol. The van der Waals surface area contributed by atoms with E-state index in [-0.39, 0.29) is 25.2 Å². The van der Waals surface area contributed by atoms with Crippen LogP contribution in [0.25, 0.3) is 22.3 Å². The molecular formula is C24H24N2O4. The molecule has 0 saturated carbocycles. The fraction of sp³-hybridized carbons (Fsp3) is 0.167. The molecule has 3 aromatic carbocycles. The first kappa shape index (κ1) is 21.2. The minimum atomic E-state index is -0.377. The number of hydrogen-bond acceptors (Lipinski definition) is 6. The van der Waals surface area contributed by atoms with E-state index >= 15 is 0 Å². The largest absolute Gasteiger partial charge is 0.461 e. The van der Waals surface area contributed by atoms with Crippen molar-refractivity contribution in [1.29, 1.82) is 0 Å². The third-order valence-corrected chi connectivity index (χ3v) is 4.49. The molecule has 0 radical (unpaired) electrons. The molecule has 6 nitrogen and oxygen atoms in total. The van der Waals surface area contributed by atoms with Crippen LogP contribution in [0.1, 0.15) is 20.7 Å². The lowest BCUT2D eigenvalue weighted by atomic mass is 9.99. The Morgan fingerprint density at radius 1 is 0.533 bits per heavy atom. The number of benzene rings is 3. The van der Waals surface area contributed by atoms with E-state index in [4.69, 9.17) is 20.9 Å². The van der Waals surface area contributed by atoms with Gasteiger partial charge in [0.2, 0.25) is 0 Å². The molecule has 3 rings (SSSR count). The molecule has 0 aliphatic rings. The van der Waals surface area contributed by atoms with Gasteiger partial charge in [-0.2, -0.15) is 0 Å². The minimum Gasteiger partial charge on any atom is -0.461 e. The van der Waals surface area contributed by atoms with Gasteiger partial charge in [0.1, 0.15) is 13.2 Å². The molecule has 0 atom stereocenters. The van der Waals surface area contributed by atoms with E-state index in [2.05, 4.69) is 0 Å². The first-order valence-corrected chi connectivity index (χ1v) is 9.67. The maximum absolute atomic E-state index is 11.9. The average molecular weight is 404 g/mol. The summed E-state index contributed by atoms with van der Waals surface area (Å²) in [5, 5.41) is 0. The molecule has 0 amide bonds. The zero-order valence-corrected chi connectivity index (χ0v) is 16.5. The molecule has 0 fully saturated rings. The predicted octanol–water partition coefficient (Wildman–Crippen LogP) is 3.25. The Bertz CT molecular complexity index is 899. The fourth-order valence-corrected chi connectivity index (χ4v) is 2.92. The highest BCUT2D eigenvalue weighted by Crippen LogP contribution is 2.25. The summed E-state index contributed by atoms with van der Waals surface area (Å²) < 4.78 is 10.1. The molecule has 3 aromatic rings. The molecule has 0 saturated heterocycles. The van der Waals surface area contributed by atoms with Crippen LogP contribution in [0.5, 0.6) is 0 Å². The summed E-state index contributed by atoms with van der Waals surface area (Å²) in [7, 11) is 0. The van der Waals surface area contributed by atoms with Crippen molar-refractivity contribution in [2.75, 3.05) is 26.3 Å². The molecule has 154 valence electrons. The Morgan fingerprint density at radius 3 is 1.07 bits per heavy atom. The highest BCUT2D eigenvalue weighted by molar-refractivity contribution is 5.90. The SMILES string of the molecule is NCCOC(=O)c1ccc(-c2ccc(-c3ccc(C(=O)OCCN)cc3)cc2)cc1. The van der Waals surface area contributed by atoms with Crippen molar-refractivity contribution in [3.05, 3.63) is 83.9 Å². The van der Waals surface area contributed by atoms with Crippen molar-refractivity contribution in [2.45, 2.75) is 0 Å². The van der Waals surface area contributed by atoms with Gasteiger partial charge >= 0.3 is 11.9 Å². The van der Waals surface area contributed by atoms with Gasteiger partial charge in [-0.1, -0.05) is 48.5 Å². The van der Waals surface area contributed by atoms with Crippen molar-refractivity contribution in [2.24, 2.45) is 11.5 Å². The van der Waals surface area contributed by atoms with Gasteiger partial charge in [0.05, 0.1) is 11.1 Å². The van der Waals surface area contributed by atoms with Gasteiger partial charge in [0.15, 0.2) is 0 Å². The number of nitrogens with two attached hydrogens (primary N) is 2. The van der Waals surface area contributed by atoms with Crippen LogP contribution in [0.3, 0.4) is 0 Å². The molecule has 0 aliphatic heterocycles. The second kappa shape index (κ2) is 10.3. The van der Waals surface area contributed by atoms with E-state index in [0.717, 1.165) is 22.3 Å². The van der Waals surface area contributed by atoms with E-state index in [1.54, 1.807) is 24.3 Å². The van der Waals surface area contributed by atoms with Crippen LogP contribution < -0.4 is 11.5 Å². The normalized spacial score (nSPS) is 10.5. The van der Waals surface area contributed by atoms with Gasteiger partial charge in [0.25, 0.3) is 0 Å². The summed E-state index contributed by atoms with van der Waals surface area (Å²) in [6, 6.07) is 22.6. The minimum absolute atomic E-state index is 0.206. The highest BCUT2D eigenvalue weighted by Gasteiger charge is 2.09. The van der Waals surface area contributed by atoms with Crippen LogP contribution in [0.2, 0.25) is 0 Å². The first-order valence-electron chi connectivity index (χ1n) is 9.67. The van der Waals surface area contributed by atoms with Crippen molar-refractivity contribution in [3.63, 3.8) is 0 Å². The Labute approximate surface area is 175 Å². The van der Waals surface area contributed by atoms with E-state index in [0.29, 0.717) is 24.2 Å². The molecule has 0 aliphatic carbocycles. The molecule has 0 unspecified atom stereocenters. The van der Waals surface area contributed by atoms with Gasteiger partial charge in [-0.15, -0.1) is 0 Å². The zero-order chi connectivity index (χ0) is 21.3. The van der Waals surface area contributed by atoms with E-state index in [9.17, 15) is 9.59 Å². The number of ether oxygens (including phenoxy) is 2. The second-order valence-electron chi connectivity index (χ2n) is 6.58. The summed E-state index contributed by atoms with van der Waals surface area (Å²) in [6.07, 6.45) is 0. The molecule has 0 spiro atoms. The molecule has 30 heavy (non-hydrogen) atoms. The number of carbonyl (C=O) groups is 2. The molecule has 0 aromatic heterocycles. The first-order chi connectivity index (χ1) is 14.6. The summed E-state index contributed by atoms with van der Waals surface area (Å²) >= 11 is 0. The van der Waals surface area contributed by atoms with Crippen LogP contribution in [0, 0.1) is 0 Å². The molecule has 0 bridgehead atoms. The monoisotopic (exact) mass is 404 g/mol. The zero-order valence-electron chi connectivity index (χ0n) is 16.5. The smallest absolute Gasteiger partial charge is 0.338 e. The second-order valence-corrected chi connectivity index (χ2v) is 6.58. The van der Waals surface area contributed by atoms with Gasteiger partial charge in [-0.25, -0.2) is 9.59 Å². The number of rotatable bonds is 8. The number of esters is 2. The van der Waals surface area contributed by atoms with Gasteiger partial charge in [-0.3, -0.25) is 0 Å². The maximum atomic E-state index is 11.9. The average Bonchev–Trinajstić information content (AvgIpc) is 2.81. The summed E-state index contributed by atoms with van der Waals surface area (Å²) in [5.41, 5.74) is 15.7. The molecule has 0 heterocycles. The fourth-order valence-electron chi connectivity index (χ4n) is 2.92. The Hall–Kier alpha value is -3.48. The van der Waals surface area contributed by atoms with Crippen LogP contribution >= 0.6 is 0 Å². The molecule has 4 N–H and O–H groups in total.